The Kier molecular flexibility index (Phi) is 1.54. The third-order valence-corrected chi connectivity index (χ3v) is 3.90. The van der Waals surface area contributed by atoms with E-state index in [4.69, 9.17) is 5.73 Å². The molecule has 0 atom stereocenters. The summed E-state index contributed by atoms with van der Waals surface area (Å²) in [7, 11) is 0. The van der Waals surface area contributed by atoms with Crippen molar-refractivity contribution in [2.45, 2.75) is 31.6 Å². The molecule has 3 fully saturated rings. The van der Waals surface area contributed by atoms with Gasteiger partial charge in [0.15, 0.2) is 5.78 Å². The Morgan fingerprint density at radius 1 is 1.53 bits per heavy atom. The van der Waals surface area contributed by atoms with Gasteiger partial charge in [-0.1, -0.05) is 0 Å². The van der Waals surface area contributed by atoms with Crippen molar-refractivity contribution in [2.75, 3.05) is 5.73 Å². The Balaban J connectivity index is 1.98. The Morgan fingerprint density at radius 3 is 2.60 bits per heavy atom. The summed E-state index contributed by atoms with van der Waals surface area (Å²) < 4.78 is 0. The van der Waals surface area contributed by atoms with Crippen molar-refractivity contribution in [3.63, 3.8) is 0 Å². The van der Waals surface area contributed by atoms with Crippen molar-refractivity contribution >= 4 is 11.5 Å². The summed E-state index contributed by atoms with van der Waals surface area (Å²) in [5, 5.41) is 0. The van der Waals surface area contributed by atoms with E-state index in [1.165, 1.54) is 31.7 Å². The molecule has 1 aromatic heterocycles. The maximum absolute atomic E-state index is 11.2. The molecule has 0 aliphatic heterocycles. The Morgan fingerprint density at radius 2 is 2.20 bits per heavy atom. The Labute approximate surface area is 88.7 Å². The molecule has 15 heavy (non-hydrogen) atoms. The number of ketones is 1. The fraction of sp³-hybridized carbons (Fsp3) is 0.500. The number of nitrogen functional groups attached to an aromatic ring is 1. The first-order valence-electron chi connectivity index (χ1n) is 5.38. The fourth-order valence-corrected chi connectivity index (χ4v) is 2.90. The van der Waals surface area contributed by atoms with Crippen LogP contribution in [0.1, 0.15) is 42.2 Å². The highest BCUT2D eigenvalue weighted by Crippen LogP contribution is 2.65. The molecule has 0 radical (unpaired) electrons. The van der Waals surface area contributed by atoms with E-state index < -0.39 is 0 Å². The smallest absolute Gasteiger partial charge is 0.180 e. The highest BCUT2D eigenvalue weighted by molar-refractivity contribution is 5.97. The second-order valence-electron chi connectivity index (χ2n) is 4.98. The molecule has 3 saturated carbocycles. The molecular weight excluding hydrogens is 188 g/mol. The first-order chi connectivity index (χ1) is 7.11. The van der Waals surface area contributed by atoms with Gasteiger partial charge in [0.2, 0.25) is 0 Å². The van der Waals surface area contributed by atoms with E-state index in [1.54, 1.807) is 0 Å². The molecule has 0 amide bonds. The van der Waals surface area contributed by atoms with Crippen LogP contribution in [-0.2, 0) is 5.41 Å². The van der Waals surface area contributed by atoms with Crippen LogP contribution in [0.25, 0.3) is 0 Å². The second-order valence-corrected chi connectivity index (χ2v) is 4.98. The molecule has 0 aromatic carbocycles. The molecule has 78 valence electrons. The van der Waals surface area contributed by atoms with E-state index in [9.17, 15) is 4.79 Å². The summed E-state index contributed by atoms with van der Waals surface area (Å²) in [4.78, 5) is 15.4. The van der Waals surface area contributed by atoms with Gasteiger partial charge < -0.3 is 5.73 Å². The minimum absolute atomic E-state index is 0.0587. The fourth-order valence-electron chi connectivity index (χ4n) is 2.90. The molecule has 3 heteroatoms. The van der Waals surface area contributed by atoms with E-state index in [-0.39, 0.29) is 5.78 Å². The minimum Gasteiger partial charge on any atom is -0.397 e. The number of hydrogen-bond acceptors (Lipinski definition) is 3. The van der Waals surface area contributed by atoms with Gasteiger partial charge in [-0.2, -0.15) is 0 Å². The lowest BCUT2D eigenvalue weighted by atomic mass is 9.42. The molecule has 0 spiro atoms. The van der Waals surface area contributed by atoms with Crippen molar-refractivity contribution < 1.29 is 4.79 Å². The highest BCUT2D eigenvalue weighted by Gasteiger charge is 2.57. The number of Topliss-reactive ketones (excluding diaryl/α,β-unsaturated/α-hetero) is 1. The van der Waals surface area contributed by atoms with E-state index >= 15 is 0 Å². The molecule has 0 unspecified atom stereocenters. The average Bonchev–Trinajstić information content (AvgIpc) is 1.97. The number of carbonyl (C=O) groups excluding carboxylic acids is 1. The van der Waals surface area contributed by atoms with Crippen LogP contribution < -0.4 is 5.73 Å². The zero-order chi connectivity index (χ0) is 10.6. The first kappa shape index (κ1) is 8.89. The zero-order valence-corrected chi connectivity index (χ0v) is 8.79. The van der Waals surface area contributed by atoms with Crippen molar-refractivity contribution in [3.8, 4) is 0 Å². The van der Waals surface area contributed by atoms with E-state index in [0.29, 0.717) is 16.8 Å². The molecule has 0 saturated heterocycles. The summed E-state index contributed by atoms with van der Waals surface area (Å²) in [6.45, 7) is 1.50. The Hall–Kier alpha value is -1.38. The van der Waals surface area contributed by atoms with Gasteiger partial charge >= 0.3 is 0 Å². The molecule has 3 aliphatic carbocycles. The summed E-state index contributed by atoms with van der Waals surface area (Å²) >= 11 is 0. The Bertz CT molecular complexity index is 436. The molecule has 4 rings (SSSR count). The van der Waals surface area contributed by atoms with Gasteiger partial charge in [0.1, 0.15) is 5.69 Å². The van der Waals surface area contributed by atoms with Gasteiger partial charge in [-0.05, 0) is 42.2 Å². The number of carbonyl (C=O) groups is 1. The lowest BCUT2D eigenvalue weighted by Gasteiger charge is -2.62. The van der Waals surface area contributed by atoms with E-state index in [0.717, 1.165) is 5.92 Å². The van der Waals surface area contributed by atoms with Gasteiger partial charge in [0.25, 0.3) is 0 Å². The molecule has 1 aromatic rings. The van der Waals surface area contributed by atoms with Gasteiger partial charge in [-0.25, -0.2) is 0 Å². The number of hydrogen-bond donors (Lipinski definition) is 1. The number of aromatic nitrogens is 1. The quantitative estimate of drug-likeness (QED) is 0.745. The predicted molar refractivity (Wildman–Crippen MR) is 57.7 cm³/mol. The maximum atomic E-state index is 11.2. The lowest BCUT2D eigenvalue weighted by Crippen LogP contribution is -2.55. The minimum atomic E-state index is -0.0587. The van der Waals surface area contributed by atoms with Gasteiger partial charge in [0, 0.05) is 13.1 Å². The van der Waals surface area contributed by atoms with Gasteiger partial charge in [-0.3, -0.25) is 9.78 Å². The zero-order valence-electron chi connectivity index (χ0n) is 8.79. The van der Waals surface area contributed by atoms with Crippen molar-refractivity contribution in [1.29, 1.82) is 0 Å². The van der Waals surface area contributed by atoms with E-state index in [2.05, 4.69) is 4.98 Å². The number of rotatable bonds is 2. The third kappa shape index (κ3) is 1.06. The first-order valence-corrected chi connectivity index (χ1v) is 5.38. The second kappa shape index (κ2) is 2.60. The number of pyridine rings is 1. The predicted octanol–water partition coefficient (Wildman–Crippen LogP) is 1.92. The summed E-state index contributed by atoms with van der Waals surface area (Å²) in [5.74, 6) is 0.885. The molecule has 3 aliphatic rings. The molecule has 1 heterocycles. The molecule has 2 N–H and O–H groups in total. The summed E-state index contributed by atoms with van der Waals surface area (Å²) in [5.41, 5.74) is 8.38. The van der Waals surface area contributed by atoms with Crippen LogP contribution >= 0.6 is 0 Å². The van der Waals surface area contributed by atoms with Crippen molar-refractivity contribution in [2.24, 2.45) is 5.92 Å². The lowest BCUT2D eigenvalue weighted by molar-refractivity contribution is -0.0276. The standard InChI is InChI=1S/C12H14N2O/c1-7(15)11-10(13)2-9(6-14-11)12-3-8(4-12)5-12/h2,6,8H,3-5,13H2,1H3. The van der Waals surface area contributed by atoms with Crippen LogP contribution in [0.3, 0.4) is 0 Å². The van der Waals surface area contributed by atoms with Gasteiger partial charge in [-0.15, -0.1) is 0 Å². The van der Waals surface area contributed by atoms with Crippen LogP contribution in [0, 0.1) is 5.92 Å². The van der Waals surface area contributed by atoms with Crippen molar-refractivity contribution in [3.05, 3.63) is 23.5 Å². The molecule has 2 bridgehead atoms. The number of nitrogens with zero attached hydrogens (tertiary/aromatic N) is 1. The monoisotopic (exact) mass is 202 g/mol. The topological polar surface area (TPSA) is 56.0 Å². The number of nitrogens with two attached hydrogens (primary N) is 1. The number of anilines is 1. The maximum Gasteiger partial charge on any atom is 0.180 e. The van der Waals surface area contributed by atoms with Crippen LogP contribution in [0.2, 0.25) is 0 Å². The normalized spacial score (nSPS) is 31.7. The average molecular weight is 202 g/mol. The van der Waals surface area contributed by atoms with Crippen molar-refractivity contribution in [1.82, 2.24) is 4.98 Å². The van der Waals surface area contributed by atoms with Crippen LogP contribution in [0.5, 0.6) is 0 Å². The summed E-state index contributed by atoms with van der Waals surface area (Å²) in [6.07, 6.45) is 5.69. The van der Waals surface area contributed by atoms with Gasteiger partial charge in [0.05, 0.1) is 5.69 Å². The van der Waals surface area contributed by atoms with Crippen LogP contribution in [0.15, 0.2) is 12.3 Å². The molecular formula is C12H14N2O. The van der Waals surface area contributed by atoms with Crippen LogP contribution in [0.4, 0.5) is 5.69 Å². The largest absolute Gasteiger partial charge is 0.397 e. The molecule has 3 nitrogen and oxygen atoms in total. The van der Waals surface area contributed by atoms with E-state index in [1.807, 2.05) is 12.3 Å². The van der Waals surface area contributed by atoms with Crippen LogP contribution in [-0.4, -0.2) is 10.8 Å². The highest BCUT2D eigenvalue weighted by atomic mass is 16.1. The SMILES string of the molecule is CC(=O)c1ncc(C23CC(C2)C3)cc1N. The third-order valence-electron chi connectivity index (χ3n) is 3.90. The summed E-state index contributed by atoms with van der Waals surface area (Å²) in [6, 6.07) is 1.94.